The van der Waals surface area contributed by atoms with Crippen LogP contribution in [-0.4, -0.2) is 32.6 Å². The normalized spacial score (nSPS) is 20.2. The molecule has 1 aromatic carbocycles. The number of aromatic nitrogens is 2. The monoisotopic (exact) mass is 343 g/mol. The van der Waals surface area contributed by atoms with Crippen molar-refractivity contribution < 1.29 is 13.9 Å². The molecular formula is C19H22FN3O2. The molecule has 3 heterocycles. The summed E-state index contributed by atoms with van der Waals surface area (Å²) in [6.45, 7) is 2.43. The van der Waals surface area contributed by atoms with Gasteiger partial charge >= 0.3 is 0 Å². The van der Waals surface area contributed by atoms with Gasteiger partial charge in [-0.1, -0.05) is 0 Å². The van der Waals surface area contributed by atoms with E-state index >= 15 is 0 Å². The van der Waals surface area contributed by atoms with Crippen molar-refractivity contribution in [1.82, 2.24) is 14.5 Å². The van der Waals surface area contributed by atoms with Crippen LogP contribution in [-0.2, 0) is 13.6 Å². The van der Waals surface area contributed by atoms with Crippen molar-refractivity contribution in [3.8, 4) is 0 Å². The first-order valence-electron chi connectivity index (χ1n) is 8.66. The van der Waals surface area contributed by atoms with Gasteiger partial charge in [0, 0.05) is 37.3 Å². The molecule has 0 amide bonds. The highest BCUT2D eigenvalue weighted by Gasteiger charge is 2.29. The number of nitrogens with zero attached hydrogens (tertiary/aromatic N) is 3. The maximum Gasteiger partial charge on any atom is 0.137 e. The van der Waals surface area contributed by atoms with Gasteiger partial charge in [0.2, 0.25) is 0 Å². The van der Waals surface area contributed by atoms with Gasteiger partial charge in [-0.25, -0.2) is 9.37 Å². The average molecular weight is 343 g/mol. The number of aliphatic hydroxyl groups excluding tert-OH is 1. The van der Waals surface area contributed by atoms with Gasteiger partial charge in [0.25, 0.3) is 0 Å². The number of fused-ring (bicyclic) bond motifs is 1. The molecule has 1 aliphatic heterocycles. The molecule has 4 rings (SSSR count). The molecule has 0 spiro atoms. The lowest BCUT2D eigenvalue weighted by Crippen LogP contribution is -2.37. The minimum atomic E-state index is -0.562. The SMILES string of the molecule is Cn1ccnc1[C@H](O)[C@@H]1CCCN(Cc2cc3cc(F)ccc3o2)C1. The summed E-state index contributed by atoms with van der Waals surface area (Å²) < 4.78 is 21.0. The van der Waals surface area contributed by atoms with E-state index in [1.54, 1.807) is 12.3 Å². The molecular weight excluding hydrogens is 321 g/mol. The molecule has 2 atom stereocenters. The molecule has 0 aliphatic carbocycles. The van der Waals surface area contributed by atoms with Crippen LogP contribution in [0.4, 0.5) is 4.39 Å². The Morgan fingerprint density at radius 2 is 2.28 bits per heavy atom. The number of likely N-dealkylation sites (tertiary alicyclic amines) is 1. The smallest absolute Gasteiger partial charge is 0.137 e. The Kier molecular flexibility index (Phi) is 4.31. The highest BCUT2D eigenvalue weighted by Crippen LogP contribution is 2.30. The van der Waals surface area contributed by atoms with Crippen molar-refractivity contribution in [2.45, 2.75) is 25.5 Å². The molecule has 3 aromatic rings. The zero-order valence-electron chi connectivity index (χ0n) is 14.2. The quantitative estimate of drug-likeness (QED) is 0.790. The van der Waals surface area contributed by atoms with Gasteiger partial charge in [-0.05, 0) is 43.7 Å². The van der Waals surface area contributed by atoms with Gasteiger partial charge in [-0.2, -0.15) is 0 Å². The molecule has 1 saturated heterocycles. The van der Waals surface area contributed by atoms with Gasteiger partial charge in [-0.15, -0.1) is 0 Å². The van der Waals surface area contributed by atoms with Gasteiger partial charge in [0.15, 0.2) is 0 Å². The Morgan fingerprint density at radius 1 is 1.40 bits per heavy atom. The summed E-state index contributed by atoms with van der Waals surface area (Å²) in [5, 5.41) is 11.5. The summed E-state index contributed by atoms with van der Waals surface area (Å²) >= 11 is 0. The first-order valence-corrected chi connectivity index (χ1v) is 8.66. The van der Waals surface area contributed by atoms with E-state index in [-0.39, 0.29) is 11.7 Å². The fourth-order valence-electron chi connectivity index (χ4n) is 3.73. The molecule has 0 bridgehead atoms. The first kappa shape index (κ1) is 16.3. The third kappa shape index (κ3) is 3.32. The maximum atomic E-state index is 13.3. The van der Waals surface area contributed by atoms with E-state index in [1.165, 1.54) is 12.1 Å². The molecule has 0 unspecified atom stereocenters. The van der Waals surface area contributed by atoms with Gasteiger partial charge in [-0.3, -0.25) is 4.90 Å². The third-order valence-electron chi connectivity index (χ3n) is 5.02. The molecule has 6 heteroatoms. The minimum absolute atomic E-state index is 0.150. The number of hydrogen-bond donors (Lipinski definition) is 1. The lowest BCUT2D eigenvalue weighted by molar-refractivity contribution is 0.0385. The summed E-state index contributed by atoms with van der Waals surface area (Å²) in [5.74, 6) is 1.44. The van der Waals surface area contributed by atoms with Crippen molar-refractivity contribution in [3.63, 3.8) is 0 Å². The minimum Gasteiger partial charge on any atom is -0.460 e. The third-order valence-corrected chi connectivity index (χ3v) is 5.02. The molecule has 1 N–H and O–H groups in total. The fourth-order valence-corrected chi connectivity index (χ4v) is 3.73. The van der Waals surface area contributed by atoms with Crippen molar-refractivity contribution in [2.75, 3.05) is 13.1 Å². The predicted molar refractivity (Wildman–Crippen MR) is 92.3 cm³/mol. The predicted octanol–water partition coefficient (Wildman–Crippen LogP) is 3.25. The van der Waals surface area contributed by atoms with Crippen LogP contribution in [0.3, 0.4) is 0 Å². The van der Waals surface area contributed by atoms with Gasteiger partial charge < -0.3 is 14.1 Å². The highest BCUT2D eigenvalue weighted by molar-refractivity contribution is 5.77. The van der Waals surface area contributed by atoms with E-state index in [2.05, 4.69) is 9.88 Å². The van der Waals surface area contributed by atoms with E-state index in [1.807, 2.05) is 23.9 Å². The van der Waals surface area contributed by atoms with Crippen LogP contribution in [0, 0.1) is 11.7 Å². The number of piperidine rings is 1. The standard InChI is InChI=1S/C19H22FN3O2/c1-22-8-6-21-19(22)18(24)13-3-2-7-23(11-13)12-16-10-14-9-15(20)4-5-17(14)25-16/h4-6,8-10,13,18,24H,2-3,7,11-12H2,1H3/t13-,18-/m1/s1. The molecule has 1 fully saturated rings. The molecule has 5 nitrogen and oxygen atoms in total. The molecule has 25 heavy (non-hydrogen) atoms. The van der Waals surface area contributed by atoms with Gasteiger partial charge in [0.05, 0.1) is 6.54 Å². The van der Waals surface area contributed by atoms with Crippen molar-refractivity contribution in [3.05, 3.63) is 54.1 Å². The lowest BCUT2D eigenvalue weighted by atomic mass is 9.92. The van der Waals surface area contributed by atoms with E-state index in [0.717, 1.165) is 37.1 Å². The van der Waals surface area contributed by atoms with Crippen molar-refractivity contribution in [1.29, 1.82) is 0 Å². The number of halogens is 1. The summed E-state index contributed by atoms with van der Waals surface area (Å²) in [7, 11) is 1.90. The van der Waals surface area contributed by atoms with Crippen LogP contribution < -0.4 is 0 Å². The van der Waals surface area contributed by atoms with Crippen LogP contribution in [0.25, 0.3) is 11.0 Å². The van der Waals surface area contributed by atoms with Crippen LogP contribution >= 0.6 is 0 Å². The van der Waals surface area contributed by atoms with E-state index in [4.69, 9.17) is 4.42 Å². The molecule has 132 valence electrons. The zero-order valence-corrected chi connectivity index (χ0v) is 14.2. The van der Waals surface area contributed by atoms with Gasteiger partial charge in [0.1, 0.15) is 29.1 Å². The number of benzene rings is 1. The number of aliphatic hydroxyl groups is 1. The Morgan fingerprint density at radius 3 is 3.08 bits per heavy atom. The van der Waals surface area contributed by atoms with E-state index < -0.39 is 6.10 Å². The first-order chi connectivity index (χ1) is 12.1. The lowest BCUT2D eigenvalue weighted by Gasteiger charge is -2.34. The Hall–Kier alpha value is -2.18. The van der Waals surface area contributed by atoms with E-state index in [0.29, 0.717) is 18.0 Å². The number of furan rings is 1. The summed E-state index contributed by atoms with van der Waals surface area (Å²) in [4.78, 5) is 6.56. The summed E-state index contributed by atoms with van der Waals surface area (Å²) in [5.41, 5.74) is 0.706. The molecule has 2 aromatic heterocycles. The second-order valence-electron chi connectivity index (χ2n) is 6.87. The number of aryl methyl sites for hydroxylation is 1. The largest absolute Gasteiger partial charge is 0.460 e. The number of hydrogen-bond acceptors (Lipinski definition) is 4. The molecule has 0 saturated carbocycles. The summed E-state index contributed by atoms with van der Waals surface area (Å²) in [6.07, 6.45) is 5.02. The topological polar surface area (TPSA) is 54.4 Å². The molecule has 1 aliphatic rings. The van der Waals surface area contributed by atoms with Crippen LogP contribution in [0.1, 0.15) is 30.5 Å². The Bertz CT molecular complexity index is 873. The van der Waals surface area contributed by atoms with Crippen LogP contribution in [0.15, 0.2) is 41.1 Å². The second kappa shape index (κ2) is 6.61. The van der Waals surface area contributed by atoms with Crippen LogP contribution in [0.2, 0.25) is 0 Å². The van der Waals surface area contributed by atoms with Crippen molar-refractivity contribution >= 4 is 11.0 Å². The Balaban J connectivity index is 1.46. The molecule has 0 radical (unpaired) electrons. The average Bonchev–Trinajstić information content (AvgIpc) is 3.19. The zero-order chi connectivity index (χ0) is 17.4. The highest BCUT2D eigenvalue weighted by atomic mass is 19.1. The Labute approximate surface area is 145 Å². The number of imidazole rings is 1. The fraction of sp³-hybridized carbons (Fsp3) is 0.421. The number of rotatable bonds is 4. The van der Waals surface area contributed by atoms with Crippen molar-refractivity contribution in [2.24, 2.45) is 13.0 Å². The van der Waals surface area contributed by atoms with E-state index in [9.17, 15) is 9.50 Å². The second-order valence-corrected chi connectivity index (χ2v) is 6.87. The van der Waals surface area contributed by atoms with Crippen LogP contribution in [0.5, 0.6) is 0 Å². The summed E-state index contributed by atoms with van der Waals surface area (Å²) in [6, 6.07) is 6.47. The maximum absolute atomic E-state index is 13.3.